The monoisotopic (exact) mass is 296 g/mol. The first kappa shape index (κ1) is 15.2. The van der Waals surface area contributed by atoms with Gasteiger partial charge < -0.3 is 0 Å². The Labute approximate surface area is 108 Å². The van der Waals surface area contributed by atoms with E-state index in [2.05, 4.69) is 0 Å². The Hall–Kier alpha value is -2.88. The lowest BCUT2D eigenvalue weighted by molar-refractivity contribution is -0.762. The van der Waals surface area contributed by atoms with Crippen LogP contribution in [-0.2, 0) is 0 Å². The van der Waals surface area contributed by atoms with Crippen LogP contribution < -0.4 is 11.0 Å². The summed E-state index contributed by atoms with van der Waals surface area (Å²) >= 11 is 0. The molecule has 2 N–H and O–H groups in total. The van der Waals surface area contributed by atoms with Crippen LogP contribution in [0.5, 0.6) is 0 Å². The van der Waals surface area contributed by atoms with Crippen molar-refractivity contribution in [3.05, 3.63) is 40.5 Å². The highest BCUT2D eigenvalue weighted by molar-refractivity contribution is 4.65. The molecule has 2 atom stereocenters. The molecule has 0 aromatic heterocycles. The van der Waals surface area contributed by atoms with Gasteiger partial charge in [0.05, 0.1) is 5.23 Å². The Morgan fingerprint density at radius 2 is 1.55 bits per heavy atom. The van der Waals surface area contributed by atoms with Crippen LogP contribution in [0, 0.1) is 40.5 Å². The second-order valence-corrected chi connectivity index (χ2v) is 3.57. The summed E-state index contributed by atoms with van der Waals surface area (Å²) in [6.45, 7) is -0.893. The Balaban J connectivity index is 3.02. The summed E-state index contributed by atoms with van der Waals surface area (Å²) in [5.41, 5.74) is 3.27. The van der Waals surface area contributed by atoms with Crippen molar-refractivity contribution in [2.75, 3.05) is 6.54 Å². The van der Waals surface area contributed by atoms with Gasteiger partial charge in [-0.25, -0.2) is 20.2 Å². The second-order valence-electron chi connectivity index (χ2n) is 3.57. The van der Waals surface area contributed by atoms with Crippen molar-refractivity contribution >= 4 is 0 Å². The highest BCUT2D eigenvalue weighted by Crippen LogP contribution is 2.08. The van der Waals surface area contributed by atoms with Gasteiger partial charge in [-0.05, 0) is 10.7 Å². The van der Waals surface area contributed by atoms with Crippen LogP contribution in [-0.4, -0.2) is 49.0 Å². The number of rotatable bonds is 4. The predicted molar refractivity (Wildman–Crippen MR) is 55.0 cm³/mol. The summed E-state index contributed by atoms with van der Waals surface area (Å²) in [7, 11) is 0. The number of nitrogens with zero attached hydrogens (tertiary/aromatic N) is 6. The molecular formula is C4H8N8O8. The van der Waals surface area contributed by atoms with Crippen molar-refractivity contribution in [1.82, 2.24) is 21.3 Å². The molecule has 1 aliphatic rings. The zero-order chi connectivity index (χ0) is 15.4. The molecule has 0 amide bonds. The van der Waals surface area contributed by atoms with Gasteiger partial charge in [0.15, 0.2) is 16.6 Å². The fourth-order valence-electron chi connectivity index (χ4n) is 1.38. The zero-order valence-corrected chi connectivity index (χ0v) is 9.52. The summed E-state index contributed by atoms with van der Waals surface area (Å²) in [6.07, 6.45) is -2.62. The van der Waals surface area contributed by atoms with E-state index in [1.54, 1.807) is 11.0 Å². The number of hydrogen-bond donors (Lipinski definition) is 2. The third kappa shape index (κ3) is 3.55. The predicted octanol–water partition coefficient (Wildman–Crippen LogP) is -2.45. The van der Waals surface area contributed by atoms with Crippen molar-refractivity contribution < 1.29 is 19.9 Å². The van der Waals surface area contributed by atoms with E-state index in [4.69, 9.17) is 0 Å². The molecule has 0 aliphatic carbocycles. The maximum absolute atomic E-state index is 10.7. The molecule has 1 fully saturated rings. The summed E-state index contributed by atoms with van der Waals surface area (Å²) in [4.78, 5) is 40.6. The molecule has 20 heavy (non-hydrogen) atoms. The van der Waals surface area contributed by atoms with Gasteiger partial charge in [-0.3, -0.25) is 20.2 Å². The largest absolute Gasteiger partial charge is 0.294 e. The molecule has 1 heterocycles. The Kier molecular flexibility index (Phi) is 4.43. The van der Waals surface area contributed by atoms with E-state index in [-0.39, 0.29) is 10.3 Å². The van der Waals surface area contributed by atoms with Crippen molar-refractivity contribution in [3.63, 3.8) is 0 Å². The Morgan fingerprint density at radius 3 is 1.95 bits per heavy atom. The summed E-state index contributed by atoms with van der Waals surface area (Å²) < 4.78 is 0. The van der Waals surface area contributed by atoms with Gasteiger partial charge in [0, 0.05) is 9.85 Å². The molecule has 1 aliphatic heterocycles. The lowest BCUT2D eigenvalue weighted by atomic mass is 10.2. The molecule has 16 heteroatoms. The lowest BCUT2D eigenvalue weighted by Crippen LogP contribution is -2.67. The number of nitrogens with one attached hydrogen (secondary N) is 2. The standard InChI is InChI=1S/C4H8N8O8/c13-8(14)3-1-4(9(15)16)5-10(12(19)20)6-7(2-3)11(17)18/h3-6H,1-2H2. The van der Waals surface area contributed by atoms with E-state index in [1.807, 2.05) is 0 Å². The average molecular weight is 296 g/mol. The molecule has 0 spiro atoms. The van der Waals surface area contributed by atoms with Crippen LogP contribution in [0.15, 0.2) is 0 Å². The quantitative estimate of drug-likeness (QED) is 0.409. The molecule has 16 nitrogen and oxygen atoms in total. The molecule has 1 rings (SSSR count). The van der Waals surface area contributed by atoms with Crippen molar-refractivity contribution in [3.8, 4) is 0 Å². The summed E-state index contributed by atoms with van der Waals surface area (Å²) in [5, 5.41) is 40.0. The minimum absolute atomic E-state index is 0.0145. The van der Waals surface area contributed by atoms with Gasteiger partial charge >= 0.3 is 0 Å². The normalized spacial score (nSPS) is 23.6. The van der Waals surface area contributed by atoms with Crippen LogP contribution in [0.2, 0.25) is 0 Å². The SMILES string of the molecule is O=[N+]([O-])C1CC([N+](=O)[O-])NN([N+](=O)[O-])NN([N+](=O)[O-])C1. The molecule has 2 unspecified atom stereocenters. The van der Waals surface area contributed by atoms with Crippen LogP contribution >= 0.6 is 0 Å². The summed E-state index contributed by atoms with van der Waals surface area (Å²) in [6, 6.07) is -1.66. The Bertz CT molecular complexity index is 352. The van der Waals surface area contributed by atoms with Gasteiger partial charge in [-0.1, -0.05) is 5.43 Å². The first-order chi connectivity index (χ1) is 9.22. The average Bonchev–Trinajstić information content (AvgIpc) is 2.26. The van der Waals surface area contributed by atoms with Gasteiger partial charge in [0.25, 0.3) is 6.17 Å². The van der Waals surface area contributed by atoms with Gasteiger partial charge in [-0.2, -0.15) is 0 Å². The van der Waals surface area contributed by atoms with Gasteiger partial charge in [-0.15, -0.1) is 0 Å². The van der Waals surface area contributed by atoms with E-state index in [0.29, 0.717) is 0 Å². The van der Waals surface area contributed by atoms with Crippen LogP contribution in [0.4, 0.5) is 0 Å². The van der Waals surface area contributed by atoms with Crippen LogP contribution in [0.3, 0.4) is 0 Å². The molecule has 0 aromatic rings. The second kappa shape index (κ2) is 5.84. The van der Waals surface area contributed by atoms with Crippen molar-refractivity contribution in [2.45, 2.75) is 18.6 Å². The molecule has 0 aromatic carbocycles. The highest BCUT2D eigenvalue weighted by atomic mass is 16.7. The minimum Gasteiger partial charge on any atom is -0.264 e. The topological polar surface area (TPSA) is 203 Å². The molecular weight excluding hydrogens is 288 g/mol. The van der Waals surface area contributed by atoms with Gasteiger partial charge in [0.2, 0.25) is 6.04 Å². The fourth-order valence-corrected chi connectivity index (χ4v) is 1.38. The van der Waals surface area contributed by atoms with E-state index >= 15 is 0 Å². The molecule has 0 radical (unpaired) electrons. The number of hydrogen-bond acceptors (Lipinski definition) is 10. The molecule has 0 saturated carbocycles. The molecule has 112 valence electrons. The first-order valence-corrected chi connectivity index (χ1v) is 4.88. The lowest BCUT2D eigenvalue weighted by Gasteiger charge is -2.25. The smallest absolute Gasteiger partial charge is 0.264 e. The number of hydrazine groups is 5. The molecule has 1 saturated heterocycles. The van der Waals surface area contributed by atoms with E-state index in [0.717, 1.165) is 0 Å². The number of nitro groups is 4. The van der Waals surface area contributed by atoms with Crippen LogP contribution in [0.25, 0.3) is 0 Å². The third-order valence-corrected chi connectivity index (χ3v) is 2.27. The maximum atomic E-state index is 10.7. The van der Waals surface area contributed by atoms with E-state index in [9.17, 15) is 40.5 Å². The van der Waals surface area contributed by atoms with E-state index in [1.165, 1.54) is 0 Å². The van der Waals surface area contributed by atoms with Crippen molar-refractivity contribution in [1.29, 1.82) is 0 Å². The van der Waals surface area contributed by atoms with Gasteiger partial charge in [0.1, 0.15) is 6.42 Å². The maximum Gasteiger partial charge on any atom is 0.294 e. The third-order valence-electron chi connectivity index (χ3n) is 2.27. The van der Waals surface area contributed by atoms with Crippen LogP contribution in [0.1, 0.15) is 6.42 Å². The minimum atomic E-state index is -1.85. The first-order valence-electron chi connectivity index (χ1n) is 4.88. The zero-order valence-electron chi connectivity index (χ0n) is 9.52. The highest BCUT2D eigenvalue weighted by Gasteiger charge is 2.43. The molecule has 0 bridgehead atoms. The summed E-state index contributed by atoms with van der Waals surface area (Å²) in [5.74, 6) is 0. The fraction of sp³-hybridized carbons (Fsp3) is 1.00. The van der Waals surface area contributed by atoms with E-state index < -0.39 is 45.1 Å². The van der Waals surface area contributed by atoms with Crippen molar-refractivity contribution in [2.24, 2.45) is 0 Å². The Morgan fingerprint density at radius 1 is 0.950 bits per heavy atom.